The van der Waals surface area contributed by atoms with E-state index in [9.17, 15) is 20.4 Å². The first-order chi connectivity index (χ1) is 12.9. The summed E-state index contributed by atoms with van der Waals surface area (Å²) in [5, 5.41) is 48.4. The molecule has 1 aromatic carbocycles. The molecule has 0 bridgehead atoms. The first kappa shape index (κ1) is 20.1. The van der Waals surface area contributed by atoms with Crippen LogP contribution >= 0.6 is 0 Å². The number of ether oxygens (including phenoxy) is 5. The molecule has 0 unspecified atom stereocenters. The van der Waals surface area contributed by atoms with Crippen LogP contribution in [0.3, 0.4) is 0 Å². The number of benzene rings is 1. The molecular formula is C17H24O10. The minimum absolute atomic E-state index is 0.106. The average molecular weight is 388 g/mol. The zero-order valence-electron chi connectivity index (χ0n) is 14.9. The normalized spacial score (nSPS) is 35.6. The molecule has 0 aromatic heterocycles. The van der Waals surface area contributed by atoms with E-state index >= 15 is 0 Å². The third kappa shape index (κ3) is 3.83. The molecule has 0 spiro atoms. The summed E-state index contributed by atoms with van der Waals surface area (Å²) in [5.74, 6) is 0.622. The van der Waals surface area contributed by atoms with Crippen molar-refractivity contribution in [1.82, 2.24) is 0 Å². The standard InChI is InChI=1S/C17H24O10/c1-23-8-3-7(15-11(6-19)25-15)4-9(24-2)16(8)27-17-14(22)13(21)12(20)10(5-18)26-17/h3-4,10-15,17-22H,5-6H2,1-2H3/t10-,11-,12-,13+,14-,15-,17+/m0/s1. The van der Waals surface area contributed by atoms with Gasteiger partial charge in [-0.2, -0.15) is 0 Å². The first-order valence-electron chi connectivity index (χ1n) is 8.44. The van der Waals surface area contributed by atoms with Gasteiger partial charge >= 0.3 is 0 Å². The van der Waals surface area contributed by atoms with Crippen molar-refractivity contribution in [2.75, 3.05) is 27.4 Å². The summed E-state index contributed by atoms with van der Waals surface area (Å²) >= 11 is 0. The number of epoxide rings is 1. The summed E-state index contributed by atoms with van der Waals surface area (Å²) in [6.07, 6.45) is -7.69. The van der Waals surface area contributed by atoms with Crippen LogP contribution in [0.15, 0.2) is 12.1 Å². The smallest absolute Gasteiger partial charge is 0.229 e. The minimum Gasteiger partial charge on any atom is -0.493 e. The summed E-state index contributed by atoms with van der Waals surface area (Å²) < 4.78 is 27.1. The summed E-state index contributed by atoms with van der Waals surface area (Å²) in [6, 6.07) is 3.28. The molecule has 0 aliphatic carbocycles. The molecule has 2 heterocycles. The molecule has 3 rings (SSSR count). The zero-order chi connectivity index (χ0) is 19.7. The lowest BCUT2D eigenvalue weighted by molar-refractivity contribution is -0.277. The van der Waals surface area contributed by atoms with Gasteiger partial charge in [-0.05, 0) is 17.7 Å². The largest absolute Gasteiger partial charge is 0.493 e. The summed E-state index contributed by atoms with van der Waals surface area (Å²) in [6.45, 7) is -0.683. The van der Waals surface area contributed by atoms with Gasteiger partial charge < -0.3 is 49.2 Å². The molecule has 2 saturated heterocycles. The van der Waals surface area contributed by atoms with Gasteiger partial charge in [0.15, 0.2) is 11.5 Å². The van der Waals surface area contributed by atoms with E-state index in [0.29, 0.717) is 5.56 Å². The second-order valence-corrected chi connectivity index (χ2v) is 6.35. The predicted octanol–water partition coefficient (Wildman–Crippen LogP) is -1.69. The van der Waals surface area contributed by atoms with Crippen LogP contribution in [-0.4, -0.2) is 89.8 Å². The molecule has 10 nitrogen and oxygen atoms in total. The molecule has 0 radical (unpaired) electrons. The third-order valence-corrected chi connectivity index (χ3v) is 4.66. The molecule has 1 aromatic rings. The van der Waals surface area contributed by atoms with Crippen LogP contribution < -0.4 is 14.2 Å². The Morgan fingerprint density at radius 2 is 1.44 bits per heavy atom. The van der Waals surface area contributed by atoms with Gasteiger partial charge in [0, 0.05) is 0 Å². The van der Waals surface area contributed by atoms with Crippen LogP contribution in [0.2, 0.25) is 0 Å². The number of hydrogen-bond donors (Lipinski definition) is 5. The highest BCUT2D eigenvalue weighted by Crippen LogP contribution is 2.46. The lowest BCUT2D eigenvalue weighted by Crippen LogP contribution is -2.60. The third-order valence-electron chi connectivity index (χ3n) is 4.66. The van der Waals surface area contributed by atoms with Gasteiger partial charge in [0.05, 0.1) is 27.4 Å². The van der Waals surface area contributed by atoms with Crippen molar-refractivity contribution < 1.29 is 49.2 Å². The van der Waals surface area contributed by atoms with E-state index in [0.717, 1.165) is 0 Å². The molecule has 0 amide bonds. The Labute approximate surface area is 155 Å². The van der Waals surface area contributed by atoms with Crippen molar-refractivity contribution in [2.24, 2.45) is 0 Å². The van der Waals surface area contributed by atoms with E-state index in [2.05, 4.69) is 0 Å². The molecular weight excluding hydrogens is 364 g/mol. The molecule has 27 heavy (non-hydrogen) atoms. The van der Waals surface area contributed by atoms with Crippen molar-refractivity contribution in [3.63, 3.8) is 0 Å². The fraction of sp³-hybridized carbons (Fsp3) is 0.647. The van der Waals surface area contributed by atoms with Crippen molar-refractivity contribution in [2.45, 2.75) is 42.9 Å². The Kier molecular flexibility index (Phi) is 6.06. The van der Waals surface area contributed by atoms with Gasteiger partial charge in [-0.1, -0.05) is 0 Å². The van der Waals surface area contributed by atoms with Gasteiger partial charge in [-0.15, -0.1) is 0 Å². The van der Waals surface area contributed by atoms with E-state index < -0.39 is 37.3 Å². The van der Waals surface area contributed by atoms with Crippen LogP contribution in [-0.2, 0) is 9.47 Å². The second kappa shape index (κ2) is 8.15. The van der Waals surface area contributed by atoms with E-state index in [4.69, 9.17) is 28.8 Å². The first-order valence-corrected chi connectivity index (χ1v) is 8.44. The summed E-state index contributed by atoms with van der Waals surface area (Å²) in [5.41, 5.74) is 0.712. The molecule has 2 fully saturated rings. The van der Waals surface area contributed by atoms with Gasteiger partial charge in [0.2, 0.25) is 12.0 Å². The maximum atomic E-state index is 10.2. The maximum absolute atomic E-state index is 10.2. The Bertz CT molecular complexity index is 626. The maximum Gasteiger partial charge on any atom is 0.229 e. The van der Waals surface area contributed by atoms with E-state index in [1.165, 1.54) is 14.2 Å². The van der Waals surface area contributed by atoms with Crippen molar-refractivity contribution >= 4 is 0 Å². The fourth-order valence-corrected chi connectivity index (χ4v) is 3.04. The van der Waals surface area contributed by atoms with Gasteiger partial charge in [0.25, 0.3) is 0 Å². The fourth-order valence-electron chi connectivity index (χ4n) is 3.04. The SMILES string of the molecule is COc1cc([C@@H]2O[C@H]2CO)cc(OC)c1O[C@H]1O[C@@H](CO)[C@H](O)[C@@H](O)[C@@H]1O. The Balaban J connectivity index is 1.87. The van der Waals surface area contributed by atoms with E-state index in [1.54, 1.807) is 12.1 Å². The zero-order valence-corrected chi connectivity index (χ0v) is 14.9. The minimum atomic E-state index is -1.57. The summed E-state index contributed by atoms with van der Waals surface area (Å²) in [4.78, 5) is 0. The van der Waals surface area contributed by atoms with Crippen molar-refractivity contribution in [3.8, 4) is 17.2 Å². The number of methoxy groups -OCH3 is 2. The molecule has 5 N–H and O–H groups in total. The van der Waals surface area contributed by atoms with Gasteiger partial charge in [0.1, 0.15) is 36.6 Å². The quantitative estimate of drug-likeness (QED) is 0.342. The Morgan fingerprint density at radius 1 is 0.852 bits per heavy atom. The van der Waals surface area contributed by atoms with Crippen LogP contribution in [0.5, 0.6) is 17.2 Å². The van der Waals surface area contributed by atoms with Crippen molar-refractivity contribution in [1.29, 1.82) is 0 Å². The highest BCUT2D eigenvalue weighted by Gasteiger charge is 2.45. The molecule has 2 aliphatic heterocycles. The summed E-state index contributed by atoms with van der Waals surface area (Å²) in [7, 11) is 2.83. The lowest BCUT2D eigenvalue weighted by atomic mass is 9.99. The monoisotopic (exact) mass is 388 g/mol. The van der Waals surface area contributed by atoms with Crippen LogP contribution in [0.1, 0.15) is 11.7 Å². The number of aliphatic hydroxyl groups excluding tert-OH is 5. The molecule has 7 atom stereocenters. The highest BCUT2D eigenvalue weighted by atomic mass is 16.7. The molecule has 10 heteroatoms. The van der Waals surface area contributed by atoms with Crippen LogP contribution in [0, 0.1) is 0 Å². The van der Waals surface area contributed by atoms with Crippen LogP contribution in [0.4, 0.5) is 0 Å². The number of aliphatic hydroxyl groups is 5. The predicted molar refractivity (Wildman–Crippen MR) is 88.6 cm³/mol. The number of rotatable bonds is 7. The van der Waals surface area contributed by atoms with E-state index in [1.807, 2.05) is 0 Å². The van der Waals surface area contributed by atoms with Crippen molar-refractivity contribution in [3.05, 3.63) is 17.7 Å². The molecule has 2 aliphatic rings. The molecule has 152 valence electrons. The van der Waals surface area contributed by atoms with E-state index in [-0.39, 0.29) is 36.1 Å². The van der Waals surface area contributed by atoms with Crippen LogP contribution in [0.25, 0.3) is 0 Å². The second-order valence-electron chi connectivity index (χ2n) is 6.35. The Morgan fingerprint density at radius 3 is 1.93 bits per heavy atom. The highest BCUT2D eigenvalue weighted by molar-refractivity contribution is 5.55. The molecule has 0 saturated carbocycles. The average Bonchev–Trinajstić information content (AvgIpc) is 3.48. The topological polar surface area (TPSA) is 151 Å². The van der Waals surface area contributed by atoms with Gasteiger partial charge in [-0.3, -0.25) is 0 Å². The van der Waals surface area contributed by atoms with Gasteiger partial charge in [-0.25, -0.2) is 0 Å². The lowest BCUT2D eigenvalue weighted by Gasteiger charge is -2.39. The number of hydrogen-bond acceptors (Lipinski definition) is 10. The Hall–Kier alpha value is -1.66.